The number of nitrogens with zero attached hydrogens (tertiary/aromatic N) is 3. The van der Waals surface area contributed by atoms with Crippen molar-refractivity contribution in [1.82, 2.24) is 14.7 Å². The van der Waals surface area contributed by atoms with Crippen molar-refractivity contribution < 1.29 is 22.7 Å². The van der Waals surface area contributed by atoms with Crippen molar-refractivity contribution in [2.24, 2.45) is 7.05 Å². The molecule has 1 aromatic carbocycles. The Morgan fingerprint density at radius 1 is 1.21 bits per heavy atom. The fourth-order valence-electron chi connectivity index (χ4n) is 3.56. The van der Waals surface area contributed by atoms with Gasteiger partial charge in [-0.25, -0.2) is 4.68 Å². The Morgan fingerprint density at radius 2 is 1.89 bits per heavy atom. The number of likely N-dealkylation sites (tertiary alicyclic amines) is 1. The molecular formula is C19H20F3N3O3. The number of hydrogen-bond acceptors (Lipinski definition) is 4. The van der Waals surface area contributed by atoms with Crippen LogP contribution in [0.3, 0.4) is 0 Å². The number of aromatic nitrogens is 2. The second-order valence-corrected chi connectivity index (χ2v) is 7.11. The molecule has 1 aliphatic rings. The lowest BCUT2D eigenvalue weighted by Gasteiger charge is -2.35. The van der Waals surface area contributed by atoms with Gasteiger partial charge in [0.15, 0.2) is 0 Å². The van der Waals surface area contributed by atoms with Gasteiger partial charge in [0.2, 0.25) is 0 Å². The van der Waals surface area contributed by atoms with E-state index in [1.54, 1.807) is 17.0 Å². The summed E-state index contributed by atoms with van der Waals surface area (Å²) in [6.45, 7) is 2.50. The molecule has 1 unspecified atom stereocenters. The average molecular weight is 395 g/mol. The van der Waals surface area contributed by atoms with Crippen LogP contribution in [0.25, 0.3) is 0 Å². The first-order valence-corrected chi connectivity index (χ1v) is 8.78. The fourth-order valence-corrected chi connectivity index (χ4v) is 3.56. The van der Waals surface area contributed by atoms with Crippen LogP contribution in [-0.4, -0.2) is 39.0 Å². The number of benzene rings is 1. The molecule has 28 heavy (non-hydrogen) atoms. The van der Waals surface area contributed by atoms with Crippen LogP contribution >= 0.6 is 0 Å². The second-order valence-electron chi connectivity index (χ2n) is 7.11. The average Bonchev–Trinajstić information content (AvgIpc) is 2.98. The minimum absolute atomic E-state index is 0.184. The molecule has 1 fully saturated rings. The first-order chi connectivity index (χ1) is 13.1. The molecule has 3 rings (SSSR count). The van der Waals surface area contributed by atoms with E-state index in [4.69, 9.17) is 0 Å². The van der Waals surface area contributed by atoms with Crippen LogP contribution in [-0.2, 0) is 13.5 Å². The third-order valence-electron chi connectivity index (χ3n) is 4.92. The molecule has 6 nitrogen and oxygen atoms in total. The zero-order valence-electron chi connectivity index (χ0n) is 15.5. The quantitative estimate of drug-likeness (QED) is 0.799. The molecule has 0 aliphatic carbocycles. The summed E-state index contributed by atoms with van der Waals surface area (Å²) in [4.78, 5) is 26.1. The van der Waals surface area contributed by atoms with E-state index in [9.17, 15) is 22.8 Å². The van der Waals surface area contributed by atoms with Crippen LogP contribution in [0.4, 0.5) is 13.2 Å². The standard InChI is InChI=1S/C19H20F3N3O3/c1-18(12-13-4-6-14(7-5-13)28-19(20,21)22)10-3-11-25(18)17(27)15-8-9-16(26)24(2)23-15/h4-9H,3,10-12H2,1-2H3. The highest BCUT2D eigenvalue weighted by molar-refractivity contribution is 5.92. The smallest absolute Gasteiger partial charge is 0.406 e. The lowest BCUT2D eigenvalue weighted by Crippen LogP contribution is -2.47. The van der Waals surface area contributed by atoms with Gasteiger partial charge in [0.05, 0.1) is 0 Å². The molecule has 2 heterocycles. The summed E-state index contributed by atoms with van der Waals surface area (Å²) in [5.74, 6) is -0.553. The Morgan fingerprint density at radius 3 is 2.50 bits per heavy atom. The summed E-state index contributed by atoms with van der Waals surface area (Å²) in [5, 5.41) is 4.03. The summed E-state index contributed by atoms with van der Waals surface area (Å²) in [6.07, 6.45) is -2.68. The molecule has 1 saturated heterocycles. The van der Waals surface area contributed by atoms with Crippen LogP contribution in [0.15, 0.2) is 41.2 Å². The number of carbonyl (C=O) groups excluding carboxylic acids is 1. The molecule has 2 aromatic rings. The molecule has 0 radical (unpaired) electrons. The Labute approximate surface area is 159 Å². The minimum Gasteiger partial charge on any atom is -0.406 e. The predicted octanol–water partition coefficient (Wildman–Crippen LogP) is 2.92. The van der Waals surface area contributed by atoms with Crippen molar-refractivity contribution >= 4 is 5.91 Å². The second kappa shape index (κ2) is 7.29. The molecule has 0 saturated carbocycles. The van der Waals surface area contributed by atoms with E-state index in [-0.39, 0.29) is 22.9 Å². The maximum Gasteiger partial charge on any atom is 0.573 e. The highest BCUT2D eigenvalue weighted by atomic mass is 19.4. The van der Waals surface area contributed by atoms with Gasteiger partial charge in [-0.05, 0) is 49.9 Å². The predicted molar refractivity (Wildman–Crippen MR) is 95.0 cm³/mol. The molecule has 1 aliphatic heterocycles. The number of amides is 1. The monoisotopic (exact) mass is 395 g/mol. The molecule has 150 valence electrons. The van der Waals surface area contributed by atoms with Crippen LogP contribution in [0.1, 0.15) is 35.8 Å². The third-order valence-corrected chi connectivity index (χ3v) is 4.92. The maximum atomic E-state index is 12.9. The number of halogens is 3. The van der Waals surface area contributed by atoms with Crippen molar-refractivity contribution in [3.63, 3.8) is 0 Å². The molecular weight excluding hydrogens is 375 g/mol. The number of rotatable bonds is 4. The van der Waals surface area contributed by atoms with Gasteiger partial charge in [-0.2, -0.15) is 5.10 Å². The summed E-state index contributed by atoms with van der Waals surface area (Å²) < 4.78 is 41.9. The zero-order chi connectivity index (χ0) is 20.5. The molecule has 0 N–H and O–H groups in total. The van der Waals surface area contributed by atoms with Gasteiger partial charge in [0.25, 0.3) is 11.5 Å². The van der Waals surface area contributed by atoms with E-state index in [1.807, 2.05) is 6.92 Å². The normalized spacial score (nSPS) is 19.7. The summed E-state index contributed by atoms with van der Waals surface area (Å²) in [5.41, 5.74) is 0.177. The van der Waals surface area contributed by atoms with Crippen LogP contribution in [0.2, 0.25) is 0 Å². The lowest BCUT2D eigenvalue weighted by molar-refractivity contribution is -0.274. The third kappa shape index (κ3) is 4.35. The van der Waals surface area contributed by atoms with E-state index in [1.165, 1.54) is 31.3 Å². The highest BCUT2D eigenvalue weighted by Crippen LogP contribution is 2.34. The fraction of sp³-hybridized carbons (Fsp3) is 0.421. The van der Waals surface area contributed by atoms with Gasteiger partial charge in [-0.15, -0.1) is 13.2 Å². The Balaban J connectivity index is 1.77. The van der Waals surface area contributed by atoms with Crippen LogP contribution < -0.4 is 10.3 Å². The molecule has 0 spiro atoms. The molecule has 9 heteroatoms. The van der Waals surface area contributed by atoms with E-state index in [0.717, 1.165) is 23.1 Å². The summed E-state index contributed by atoms with van der Waals surface area (Å²) in [7, 11) is 1.48. The topological polar surface area (TPSA) is 64.4 Å². The van der Waals surface area contributed by atoms with Crippen molar-refractivity contribution in [2.45, 2.75) is 38.1 Å². The van der Waals surface area contributed by atoms with Gasteiger partial charge in [0.1, 0.15) is 11.4 Å². The van der Waals surface area contributed by atoms with Crippen molar-refractivity contribution in [1.29, 1.82) is 0 Å². The largest absolute Gasteiger partial charge is 0.573 e. The number of aryl methyl sites for hydroxylation is 1. The number of alkyl halides is 3. The van der Waals surface area contributed by atoms with Gasteiger partial charge in [-0.3, -0.25) is 9.59 Å². The summed E-state index contributed by atoms with van der Waals surface area (Å²) in [6, 6.07) is 8.37. The number of carbonyl (C=O) groups is 1. The lowest BCUT2D eigenvalue weighted by atomic mass is 9.90. The first kappa shape index (κ1) is 19.9. The number of hydrogen-bond donors (Lipinski definition) is 0. The molecule has 1 aromatic heterocycles. The Hall–Kier alpha value is -2.84. The minimum atomic E-state index is -4.73. The van der Waals surface area contributed by atoms with Gasteiger partial charge < -0.3 is 9.64 Å². The van der Waals surface area contributed by atoms with Crippen LogP contribution in [0, 0.1) is 0 Å². The Kier molecular flexibility index (Phi) is 5.18. The molecule has 1 atom stereocenters. The Bertz CT molecular complexity index is 925. The molecule has 1 amide bonds. The summed E-state index contributed by atoms with van der Waals surface area (Å²) >= 11 is 0. The van der Waals surface area contributed by atoms with Crippen molar-refractivity contribution in [3.8, 4) is 5.75 Å². The first-order valence-electron chi connectivity index (χ1n) is 8.78. The maximum absolute atomic E-state index is 12.9. The van der Waals surface area contributed by atoms with Crippen molar-refractivity contribution in [3.05, 3.63) is 58.0 Å². The van der Waals surface area contributed by atoms with Crippen LogP contribution in [0.5, 0.6) is 5.75 Å². The van der Waals surface area contributed by atoms with E-state index in [0.29, 0.717) is 13.0 Å². The van der Waals surface area contributed by atoms with E-state index < -0.39 is 11.9 Å². The van der Waals surface area contributed by atoms with E-state index in [2.05, 4.69) is 9.84 Å². The van der Waals surface area contributed by atoms with Gasteiger partial charge in [-0.1, -0.05) is 12.1 Å². The highest BCUT2D eigenvalue weighted by Gasteiger charge is 2.40. The SMILES string of the molecule is Cn1nc(C(=O)N2CCCC2(C)Cc2ccc(OC(F)(F)F)cc2)ccc1=O. The van der Waals surface area contributed by atoms with Gasteiger partial charge in [0, 0.05) is 25.2 Å². The van der Waals surface area contributed by atoms with Gasteiger partial charge >= 0.3 is 6.36 Å². The van der Waals surface area contributed by atoms with E-state index >= 15 is 0 Å². The zero-order valence-corrected chi connectivity index (χ0v) is 15.5. The number of ether oxygens (including phenoxy) is 1. The van der Waals surface area contributed by atoms with Crippen molar-refractivity contribution in [2.75, 3.05) is 6.54 Å². The molecule has 0 bridgehead atoms.